The number of benzene rings is 1. The topological polar surface area (TPSA) is 118 Å². The Bertz CT molecular complexity index is 2180. The molecule has 4 aromatic heterocycles. The molecule has 3 aliphatic rings. The Labute approximate surface area is 286 Å². The predicted molar refractivity (Wildman–Crippen MR) is 189 cm³/mol. The molecule has 0 saturated carbocycles. The Kier molecular flexibility index (Phi) is 8.30. The number of pyridine rings is 2. The van der Waals surface area contributed by atoms with Gasteiger partial charge in [-0.2, -0.15) is 9.78 Å². The Morgan fingerprint density at radius 3 is 2.65 bits per heavy atom. The third kappa shape index (κ3) is 5.74. The van der Waals surface area contributed by atoms with Gasteiger partial charge < -0.3 is 24.6 Å². The summed E-state index contributed by atoms with van der Waals surface area (Å²) < 4.78 is 23.9. The Balaban J connectivity index is 1.10. The molecular formula is C36H38FN7O4S. The molecule has 0 amide bonds. The van der Waals surface area contributed by atoms with E-state index in [1.165, 1.54) is 43.2 Å². The van der Waals surface area contributed by atoms with Crippen molar-refractivity contribution < 1.29 is 14.2 Å². The van der Waals surface area contributed by atoms with E-state index in [2.05, 4.69) is 32.1 Å². The van der Waals surface area contributed by atoms with E-state index in [1.807, 2.05) is 18.3 Å². The van der Waals surface area contributed by atoms with Gasteiger partial charge in [0.05, 0.1) is 49.6 Å². The summed E-state index contributed by atoms with van der Waals surface area (Å²) in [6.45, 7) is 6.17. The van der Waals surface area contributed by atoms with Crippen LogP contribution in [0.5, 0.6) is 0 Å². The van der Waals surface area contributed by atoms with E-state index in [4.69, 9.17) is 4.74 Å². The van der Waals surface area contributed by atoms with E-state index in [9.17, 15) is 14.7 Å². The first-order valence-corrected chi connectivity index (χ1v) is 17.6. The normalized spacial score (nSPS) is 18.4. The number of aromatic nitrogens is 4. The van der Waals surface area contributed by atoms with Crippen LogP contribution in [0.1, 0.15) is 35.8 Å². The summed E-state index contributed by atoms with van der Waals surface area (Å²) in [5.41, 5.74) is 3.10. The molecule has 2 N–H and O–H groups in total. The number of halogens is 1. The SMILES string of the molecule is C[C@H]1CN(C2COC2)CCN1c1ccc(Nc2cc(-c3cc(F)cc(-n4ncc5c6c(sc5c4=O)CCCC6)c3CO)cn(C)c2=O)nc1. The van der Waals surface area contributed by atoms with Crippen molar-refractivity contribution >= 4 is 38.6 Å². The van der Waals surface area contributed by atoms with Crippen LogP contribution < -0.4 is 21.3 Å². The van der Waals surface area contributed by atoms with Crippen LogP contribution in [0.4, 0.5) is 21.6 Å². The molecule has 0 spiro atoms. The van der Waals surface area contributed by atoms with Crippen LogP contribution >= 0.6 is 11.3 Å². The van der Waals surface area contributed by atoms with E-state index in [0.29, 0.717) is 39.3 Å². The molecule has 5 aromatic rings. The molecule has 2 saturated heterocycles. The summed E-state index contributed by atoms with van der Waals surface area (Å²) in [7, 11) is 1.61. The zero-order valence-electron chi connectivity index (χ0n) is 27.5. The first kappa shape index (κ1) is 31.8. The average molecular weight is 684 g/mol. The number of hydrogen-bond donors (Lipinski definition) is 2. The molecule has 1 aliphatic carbocycles. The minimum absolute atomic E-state index is 0.160. The maximum absolute atomic E-state index is 15.3. The lowest BCUT2D eigenvalue weighted by Gasteiger charge is -2.46. The zero-order valence-corrected chi connectivity index (χ0v) is 28.3. The first-order chi connectivity index (χ1) is 23.8. The molecule has 254 valence electrons. The predicted octanol–water partition coefficient (Wildman–Crippen LogP) is 4.37. The highest BCUT2D eigenvalue weighted by Gasteiger charge is 2.32. The number of ether oxygens (including phenoxy) is 1. The number of thiophene rings is 1. The molecule has 6 heterocycles. The minimum atomic E-state index is -0.599. The van der Waals surface area contributed by atoms with Crippen LogP contribution in [0.25, 0.3) is 26.9 Å². The number of aliphatic hydroxyl groups is 1. The maximum Gasteiger partial charge on any atom is 0.289 e. The van der Waals surface area contributed by atoms with E-state index >= 15 is 4.39 Å². The monoisotopic (exact) mass is 683 g/mol. The van der Waals surface area contributed by atoms with Crippen LogP contribution in [0.3, 0.4) is 0 Å². The average Bonchev–Trinajstić information content (AvgIpc) is 3.46. The molecule has 1 atom stereocenters. The smallest absolute Gasteiger partial charge is 0.289 e. The fraction of sp³-hybridized carbons (Fsp3) is 0.389. The summed E-state index contributed by atoms with van der Waals surface area (Å²) in [6.07, 6.45) is 9.11. The fourth-order valence-corrected chi connectivity index (χ4v) is 8.70. The summed E-state index contributed by atoms with van der Waals surface area (Å²) in [5, 5.41) is 19.1. The molecule has 49 heavy (non-hydrogen) atoms. The third-order valence-electron chi connectivity index (χ3n) is 10.1. The molecule has 0 unspecified atom stereocenters. The Morgan fingerprint density at radius 2 is 1.92 bits per heavy atom. The molecule has 1 aromatic carbocycles. The van der Waals surface area contributed by atoms with Crippen LogP contribution in [-0.2, 0) is 31.2 Å². The van der Waals surface area contributed by atoms with E-state index in [-0.39, 0.29) is 22.5 Å². The van der Waals surface area contributed by atoms with E-state index in [1.54, 1.807) is 25.5 Å². The number of aryl methyl sites for hydroxylation is 3. The number of nitrogens with one attached hydrogen (secondary N) is 1. The summed E-state index contributed by atoms with van der Waals surface area (Å²) in [5.74, 6) is -0.112. The minimum Gasteiger partial charge on any atom is -0.392 e. The number of nitrogens with zero attached hydrogens (tertiary/aromatic N) is 6. The molecule has 13 heteroatoms. The number of fused-ring (bicyclic) bond motifs is 3. The van der Waals surface area contributed by atoms with Crippen LogP contribution in [0, 0.1) is 5.82 Å². The van der Waals surface area contributed by atoms with Gasteiger partial charge in [-0.3, -0.25) is 14.5 Å². The highest BCUT2D eigenvalue weighted by atomic mass is 32.1. The van der Waals surface area contributed by atoms with Gasteiger partial charge in [-0.15, -0.1) is 11.3 Å². The van der Waals surface area contributed by atoms with Crippen molar-refractivity contribution in [2.24, 2.45) is 7.05 Å². The number of hydrogen-bond acceptors (Lipinski definition) is 10. The van der Waals surface area contributed by atoms with E-state index in [0.717, 1.165) is 69.6 Å². The van der Waals surface area contributed by atoms with Crippen LogP contribution in [0.15, 0.2) is 58.5 Å². The molecule has 0 bridgehead atoms. The fourth-order valence-electron chi connectivity index (χ4n) is 7.41. The molecular weight excluding hydrogens is 646 g/mol. The van der Waals surface area contributed by atoms with Gasteiger partial charge >= 0.3 is 0 Å². The Morgan fingerprint density at radius 1 is 1.08 bits per heavy atom. The van der Waals surface area contributed by atoms with Crippen molar-refractivity contribution in [2.75, 3.05) is 43.1 Å². The van der Waals surface area contributed by atoms with Crippen molar-refractivity contribution in [3.05, 3.63) is 91.5 Å². The van der Waals surface area contributed by atoms with Gasteiger partial charge in [-0.1, -0.05) is 0 Å². The number of anilines is 3. The molecule has 0 radical (unpaired) electrons. The quantitative estimate of drug-likeness (QED) is 0.258. The highest BCUT2D eigenvalue weighted by molar-refractivity contribution is 7.19. The second-order valence-corrected chi connectivity index (χ2v) is 14.3. The number of aliphatic hydroxyl groups excluding tert-OH is 1. The molecule has 8 rings (SSSR count). The standard InChI is InChI=1S/C36H38FN7O4S/c1-21-16-42(25-19-48-20-25)9-10-43(21)24-7-8-33(38-14-24)40-30-11-22(17-41(2)35(30)46)27-12-23(37)13-31(29(27)18-45)44-36(47)34-28(15-39-44)26-5-3-4-6-32(26)49-34/h7-8,11-15,17,21,25,45H,3-6,9-10,16,18-20H2,1-2H3,(H,38,40)/t21-/m0/s1. The van der Waals surface area contributed by atoms with Crippen molar-refractivity contribution in [1.82, 2.24) is 24.2 Å². The second kappa shape index (κ2) is 12.8. The molecule has 2 aliphatic heterocycles. The van der Waals surface area contributed by atoms with Gasteiger partial charge in [0.15, 0.2) is 0 Å². The maximum atomic E-state index is 15.3. The van der Waals surface area contributed by atoms with Gasteiger partial charge in [0.25, 0.3) is 11.1 Å². The second-order valence-electron chi connectivity index (χ2n) is 13.2. The van der Waals surface area contributed by atoms with Gasteiger partial charge in [0.2, 0.25) is 0 Å². The van der Waals surface area contributed by atoms with Crippen molar-refractivity contribution in [3.63, 3.8) is 0 Å². The lowest BCUT2D eigenvalue weighted by molar-refractivity contribution is -0.0691. The van der Waals surface area contributed by atoms with Gasteiger partial charge in [0, 0.05) is 66.4 Å². The summed E-state index contributed by atoms with van der Waals surface area (Å²) in [4.78, 5) is 37.7. The largest absolute Gasteiger partial charge is 0.392 e. The Hall–Kier alpha value is -4.43. The number of piperazine rings is 1. The summed E-state index contributed by atoms with van der Waals surface area (Å²) in [6, 6.07) is 8.82. The molecule has 11 nitrogen and oxygen atoms in total. The van der Waals surface area contributed by atoms with E-state index < -0.39 is 12.4 Å². The number of rotatable bonds is 7. The first-order valence-electron chi connectivity index (χ1n) is 16.8. The van der Waals surface area contributed by atoms with Crippen molar-refractivity contribution in [1.29, 1.82) is 0 Å². The van der Waals surface area contributed by atoms with Crippen molar-refractivity contribution in [3.8, 4) is 16.8 Å². The summed E-state index contributed by atoms with van der Waals surface area (Å²) >= 11 is 1.48. The molecule has 2 fully saturated rings. The van der Waals surface area contributed by atoms with Gasteiger partial charge in [-0.05, 0) is 68.0 Å². The van der Waals surface area contributed by atoms with Crippen molar-refractivity contribution in [2.45, 2.75) is 51.3 Å². The lowest BCUT2D eigenvalue weighted by Crippen LogP contribution is -2.59. The lowest BCUT2D eigenvalue weighted by atomic mass is 9.97. The van der Waals surface area contributed by atoms with Gasteiger partial charge in [-0.25, -0.2) is 9.37 Å². The zero-order chi connectivity index (χ0) is 33.8. The highest BCUT2D eigenvalue weighted by Crippen LogP contribution is 2.36. The van der Waals surface area contributed by atoms with Crippen LogP contribution in [-0.4, -0.2) is 74.3 Å². The van der Waals surface area contributed by atoms with Gasteiger partial charge in [0.1, 0.15) is 22.0 Å². The third-order valence-corrected chi connectivity index (χ3v) is 11.4. The van der Waals surface area contributed by atoms with Crippen LogP contribution in [0.2, 0.25) is 0 Å².